The van der Waals surface area contributed by atoms with Crippen molar-refractivity contribution in [3.8, 4) is 0 Å². The van der Waals surface area contributed by atoms with E-state index in [1.807, 2.05) is 44.2 Å². The maximum atomic E-state index is 13.6. The molecule has 2 aromatic carbocycles. The predicted molar refractivity (Wildman–Crippen MR) is 114 cm³/mol. The summed E-state index contributed by atoms with van der Waals surface area (Å²) in [6, 6.07) is 16.1. The summed E-state index contributed by atoms with van der Waals surface area (Å²) >= 11 is 0. The van der Waals surface area contributed by atoms with E-state index < -0.39 is 22.7 Å². The maximum Gasteiger partial charge on any atom is 0.188 e. The first-order valence-corrected chi connectivity index (χ1v) is 14.2. The van der Waals surface area contributed by atoms with Gasteiger partial charge < -0.3 is 0 Å². The van der Waals surface area contributed by atoms with Crippen molar-refractivity contribution in [3.63, 3.8) is 0 Å². The van der Waals surface area contributed by atoms with Crippen molar-refractivity contribution >= 4 is 17.9 Å². The van der Waals surface area contributed by atoms with Crippen molar-refractivity contribution in [2.75, 3.05) is 0 Å². The smallest absolute Gasteiger partial charge is 0.188 e. The van der Waals surface area contributed by atoms with Gasteiger partial charge in [0.25, 0.3) is 0 Å². The van der Waals surface area contributed by atoms with Gasteiger partial charge in [0.2, 0.25) is 0 Å². The van der Waals surface area contributed by atoms with Crippen molar-refractivity contribution in [3.05, 3.63) is 77.9 Å². The maximum absolute atomic E-state index is 13.6. The first-order valence-electron chi connectivity index (χ1n) is 9.02. The zero-order valence-electron chi connectivity index (χ0n) is 16.5. The highest BCUT2D eigenvalue weighted by Crippen LogP contribution is 2.41. The highest BCUT2D eigenvalue weighted by atomic mass is 32.2. The lowest BCUT2D eigenvalue weighted by Gasteiger charge is -2.32. The average molecular weight is 387 g/mol. The number of rotatable bonds is 7. The molecule has 0 aliphatic carbocycles. The second-order valence-electron chi connectivity index (χ2n) is 8.43. The number of hydrogen-bond acceptors (Lipinski definition) is 2. The van der Waals surface area contributed by atoms with Crippen LogP contribution in [0.1, 0.15) is 30.0 Å². The Hall–Kier alpha value is -1.65. The van der Waals surface area contributed by atoms with Crippen LogP contribution in [0.5, 0.6) is 0 Å². The molecule has 0 saturated heterocycles. The lowest BCUT2D eigenvalue weighted by atomic mass is 9.92. The van der Waals surface area contributed by atoms with E-state index in [0.29, 0.717) is 11.3 Å². The summed E-state index contributed by atoms with van der Waals surface area (Å²) in [7, 11) is -4.96. The first-order chi connectivity index (χ1) is 12.0. The van der Waals surface area contributed by atoms with Crippen LogP contribution in [0, 0.1) is 6.92 Å². The molecule has 0 bridgehead atoms. The van der Waals surface area contributed by atoms with Crippen LogP contribution >= 0.6 is 0 Å². The molecule has 4 heteroatoms. The molecular formula is C22H30O2SSi. The molecule has 26 heavy (non-hydrogen) atoms. The average Bonchev–Trinajstić information content (AvgIpc) is 2.54. The van der Waals surface area contributed by atoms with E-state index in [4.69, 9.17) is 0 Å². The van der Waals surface area contributed by atoms with Crippen LogP contribution in [0.4, 0.5) is 0 Å². The van der Waals surface area contributed by atoms with E-state index in [2.05, 4.69) is 32.3 Å². The number of benzene rings is 2. The van der Waals surface area contributed by atoms with Gasteiger partial charge in [0.05, 0.1) is 4.90 Å². The Kier molecular flexibility index (Phi) is 5.98. The molecule has 0 radical (unpaired) electrons. The van der Waals surface area contributed by atoms with Crippen LogP contribution in [-0.4, -0.2) is 16.5 Å². The lowest BCUT2D eigenvalue weighted by molar-refractivity contribution is 0.538. The Morgan fingerprint density at radius 1 is 1.04 bits per heavy atom. The summed E-state index contributed by atoms with van der Waals surface area (Å²) in [4.78, 5) is 0.371. The molecule has 0 saturated carbocycles. The minimum atomic E-state index is -3.57. The summed E-state index contributed by atoms with van der Waals surface area (Å²) in [6.07, 6.45) is 2.10. The van der Waals surface area contributed by atoms with E-state index in [9.17, 15) is 8.42 Å². The molecule has 0 fully saturated rings. The Morgan fingerprint density at radius 3 is 2.15 bits per heavy atom. The van der Waals surface area contributed by atoms with Crippen LogP contribution in [0.25, 0.3) is 0 Å². The number of hydrogen-bond donors (Lipinski definition) is 0. The summed E-state index contributed by atoms with van der Waals surface area (Å²) in [5.41, 5.74) is 3.10. The third-order valence-electron chi connectivity index (χ3n) is 4.77. The van der Waals surface area contributed by atoms with E-state index in [-0.39, 0.29) is 0 Å². The molecule has 2 aromatic rings. The van der Waals surface area contributed by atoms with Gasteiger partial charge in [-0.1, -0.05) is 67.7 Å². The van der Waals surface area contributed by atoms with Gasteiger partial charge in [0, 0.05) is 8.07 Å². The monoisotopic (exact) mass is 386 g/mol. The van der Waals surface area contributed by atoms with Gasteiger partial charge >= 0.3 is 0 Å². The summed E-state index contributed by atoms with van der Waals surface area (Å²) in [5.74, 6) is 0. The van der Waals surface area contributed by atoms with Gasteiger partial charge in [-0.25, -0.2) is 8.42 Å². The molecule has 2 rings (SSSR count). The van der Waals surface area contributed by atoms with Crippen molar-refractivity contribution < 1.29 is 8.42 Å². The second kappa shape index (κ2) is 7.53. The Balaban J connectivity index is 2.68. The molecular weight excluding hydrogens is 356 g/mol. The molecule has 1 atom stereocenters. The van der Waals surface area contributed by atoms with E-state index >= 15 is 0 Å². The van der Waals surface area contributed by atoms with E-state index in [0.717, 1.165) is 22.7 Å². The highest BCUT2D eigenvalue weighted by Gasteiger charge is 2.42. The Morgan fingerprint density at radius 2 is 1.62 bits per heavy atom. The molecule has 0 N–H and O–H groups in total. The minimum Gasteiger partial charge on any atom is -0.223 e. The zero-order chi connectivity index (χ0) is 19.6. The van der Waals surface area contributed by atoms with Gasteiger partial charge in [-0.2, -0.15) is 0 Å². The highest BCUT2D eigenvalue weighted by molar-refractivity contribution is 7.92. The van der Waals surface area contributed by atoms with Crippen LogP contribution in [0.15, 0.2) is 66.1 Å². The van der Waals surface area contributed by atoms with Crippen LogP contribution in [-0.2, 0) is 20.6 Å². The minimum absolute atomic E-state index is 0.371. The van der Waals surface area contributed by atoms with Gasteiger partial charge in [-0.15, -0.1) is 6.58 Å². The molecule has 0 spiro atoms. The fourth-order valence-electron chi connectivity index (χ4n) is 3.38. The SMILES string of the molecule is C=CCC(C)(c1ccccc1C[Si](C)(C)C)S(=O)(=O)c1ccc(C)cc1. The van der Waals surface area contributed by atoms with Crippen LogP contribution < -0.4 is 0 Å². The van der Waals surface area contributed by atoms with Gasteiger partial charge in [-0.05, 0) is 49.6 Å². The quantitative estimate of drug-likeness (QED) is 0.453. The standard InChI is InChI=1S/C22H30O2SSi/c1-7-16-22(3,25(23,24)20-14-12-18(2)13-15-20)21-11-9-8-10-19(21)17-26(4,5)6/h7-15H,1,16-17H2,2-6H3. The Bertz CT molecular complexity index is 877. The van der Waals surface area contributed by atoms with Crippen LogP contribution in [0.3, 0.4) is 0 Å². The zero-order valence-corrected chi connectivity index (χ0v) is 18.4. The van der Waals surface area contributed by atoms with Crippen molar-refractivity contribution in [2.45, 2.75) is 55.6 Å². The summed E-state index contributed by atoms with van der Waals surface area (Å²) < 4.78 is 26.2. The largest absolute Gasteiger partial charge is 0.223 e. The van der Waals surface area contributed by atoms with Gasteiger partial charge in [0.1, 0.15) is 4.75 Å². The summed E-state index contributed by atoms with van der Waals surface area (Å²) in [6.45, 7) is 14.6. The van der Waals surface area contributed by atoms with E-state index in [1.54, 1.807) is 18.2 Å². The lowest BCUT2D eigenvalue weighted by Crippen LogP contribution is -2.35. The fourth-order valence-corrected chi connectivity index (χ4v) is 6.67. The molecule has 2 nitrogen and oxygen atoms in total. The van der Waals surface area contributed by atoms with Crippen molar-refractivity contribution in [2.24, 2.45) is 0 Å². The van der Waals surface area contributed by atoms with E-state index in [1.165, 1.54) is 0 Å². The number of allylic oxidation sites excluding steroid dienone is 1. The third kappa shape index (κ3) is 4.18. The topological polar surface area (TPSA) is 34.1 Å². The molecule has 0 aliphatic rings. The molecule has 0 aliphatic heterocycles. The number of aryl methyl sites for hydroxylation is 1. The fraction of sp³-hybridized carbons (Fsp3) is 0.364. The molecule has 0 aromatic heterocycles. The second-order valence-corrected chi connectivity index (χ2v) is 16.3. The molecule has 0 heterocycles. The molecule has 0 amide bonds. The molecule has 140 valence electrons. The van der Waals surface area contributed by atoms with Crippen molar-refractivity contribution in [1.29, 1.82) is 0 Å². The van der Waals surface area contributed by atoms with Crippen LogP contribution in [0.2, 0.25) is 19.6 Å². The number of sulfone groups is 1. The first kappa shape index (κ1) is 20.7. The normalized spacial score (nSPS) is 14.7. The van der Waals surface area contributed by atoms with Gasteiger partial charge in [-0.3, -0.25) is 0 Å². The third-order valence-corrected chi connectivity index (χ3v) is 8.67. The van der Waals surface area contributed by atoms with Gasteiger partial charge in [0.15, 0.2) is 9.84 Å². The summed E-state index contributed by atoms with van der Waals surface area (Å²) in [5, 5.41) is 0. The predicted octanol–water partition coefficient (Wildman–Crippen LogP) is 5.68. The molecule has 1 unspecified atom stereocenters. The van der Waals surface area contributed by atoms with Crippen molar-refractivity contribution in [1.82, 2.24) is 0 Å². The Labute approximate surface area is 159 Å².